The Morgan fingerprint density at radius 3 is 2.24 bits per heavy atom. The molecule has 0 aromatic heterocycles. The Hall–Kier alpha value is -0.0800. The zero-order chi connectivity index (χ0) is 13.3. The molecule has 0 aliphatic heterocycles. The second-order valence-electron chi connectivity index (χ2n) is 6.54. The standard InChI is InChI=1S/C15H33NO/c1-7-8-14(11-16-15(4,5)6)9-10-17-12-13(2)3/h13-14,16H,7-12H2,1-6H3. The van der Waals surface area contributed by atoms with Crippen molar-refractivity contribution in [2.75, 3.05) is 19.8 Å². The van der Waals surface area contributed by atoms with E-state index in [1.165, 1.54) is 19.3 Å². The molecule has 1 N–H and O–H groups in total. The second kappa shape index (κ2) is 8.93. The van der Waals surface area contributed by atoms with Crippen LogP contribution in [0.2, 0.25) is 0 Å². The van der Waals surface area contributed by atoms with E-state index in [0.717, 1.165) is 25.7 Å². The third-order valence-electron chi connectivity index (χ3n) is 2.74. The number of hydrogen-bond acceptors (Lipinski definition) is 2. The molecule has 0 aliphatic carbocycles. The SMILES string of the molecule is CCCC(CCOCC(C)C)CNC(C)(C)C. The summed E-state index contributed by atoms with van der Waals surface area (Å²) in [4.78, 5) is 0. The highest BCUT2D eigenvalue weighted by Gasteiger charge is 2.13. The molecule has 0 fully saturated rings. The van der Waals surface area contributed by atoms with E-state index in [9.17, 15) is 0 Å². The molecule has 0 saturated carbocycles. The molecule has 0 aromatic rings. The van der Waals surface area contributed by atoms with Gasteiger partial charge in [-0.05, 0) is 52.0 Å². The van der Waals surface area contributed by atoms with Crippen molar-refractivity contribution in [3.63, 3.8) is 0 Å². The van der Waals surface area contributed by atoms with Gasteiger partial charge in [-0.15, -0.1) is 0 Å². The van der Waals surface area contributed by atoms with Gasteiger partial charge < -0.3 is 10.1 Å². The molecule has 0 rings (SSSR count). The summed E-state index contributed by atoms with van der Waals surface area (Å²) >= 11 is 0. The molecule has 17 heavy (non-hydrogen) atoms. The molecule has 0 bridgehead atoms. The van der Waals surface area contributed by atoms with Crippen molar-refractivity contribution in [3.8, 4) is 0 Å². The Morgan fingerprint density at radius 1 is 1.12 bits per heavy atom. The van der Waals surface area contributed by atoms with Gasteiger partial charge in [-0.1, -0.05) is 27.2 Å². The molecule has 0 amide bonds. The fourth-order valence-electron chi connectivity index (χ4n) is 1.78. The number of ether oxygens (including phenoxy) is 1. The predicted octanol–water partition coefficient (Wildman–Crippen LogP) is 3.85. The molecule has 0 aliphatic rings. The summed E-state index contributed by atoms with van der Waals surface area (Å²) in [5.41, 5.74) is 0.227. The van der Waals surface area contributed by atoms with Crippen molar-refractivity contribution in [2.24, 2.45) is 11.8 Å². The molecule has 0 saturated heterocycles. The van der Waals surface area contributed by atoms with Crippen molar-refractivity contribution in [2.45, 2.75) is 66.3 Å². The van der Waals surface area contributed by atoms with Gasteiger partial charge in [0.1, 0.15) is 0 Å². The summed E-state index contributed by atoms with van der Waals surface area (Å²) in [6.07, 6.45) is 3.75. The Balaban J connectivity index is 3.74. The quantitative estimate of drug-likeness (QED) is 0.621. The first-order valence-electron chi connectivity index (χ1n) is 7.18. The Morgan fingerprint density at radius 2 is 1.76 bits per heavy atom. The molecule has 1 atom stereocenters. The van der Waals surface area contributed by atoms with Gasteiger partial charge in [0.2, 0.25) is 0 Å². The first-order valence-corrected chi connectivity index (χ1v) is 7.18. The van der Waals surface area contributed by atoms with Crippen molar-refractivity contribution >= 4 is 0 Å². The van der Waals surface area contributed by atoms with Crippen LogP contribution in [0, 0.1) is 11.8 Å². The smallest absolute Gasteiger partial charge is 0.0488 e. The normalized spacial score (nSPS) is 14.3. The van der Waals surface area contributed by atoms with Crippen molar-refractivity contribution in [3.05, 3.63) is 0 Å². The van der Waals surface area contributed by atoms with E-state index in [2.05, 4.69) is 46.9 Å². The summed E-state index contributed by atoms with van der Waals surface area (Å²) < 4.78 is 5.68. The van der Waals surface area contributed by atoms with E-state index < -0.39 is 0 Å². The van der Waals surface area contributed by atoms with Crippen molar-refractivity contribution in [1.29, 1.82) is 0 Å². The minimum atomic E-state index is 0.227. The highest BCUT2D eigenvalue weighted by molar-refractivity contribution is 4.73. The molecule has 0 spiro atoms. The fourth-order valence-corrected chi connectivity index (χ4v) is 1.78. The van der Waals surface area contributed by atoms with Crippen LogP contribution >= 0.6 is 0 Å². The number of hydrogen-bond donors (Lipinski definition) is 1. The maximum absolute atomic E-state index is 5.68. The number of rotatable bonds is 9. The molecular formula is C15H33NO. The van der Waals surface area contributed by atoms with E-state index in [1.54, 1.807) is 0 Å². The topological polar surface area (TPSA) is 21.3 Å². The largest absolute Gasteiger partial charge is 0.381 e. The molecule has 0 heterocycles. The van der Waals surface area contributed by atoms with Gasteiger partial charge in [-0.3, -0.25) is 0 Å². The first-order chi connectivity index (χ1) is 7.85. The van der Waals surface area contributed by atoms with Crippen LogP contribution in [0.1, 0.15) is 60.8 Å². The third kappa shape index (κ3) is 12.2. The van der Waals surface area contributed by atoms with E-state index in [1.807, 2.05) is 0 Å². The molecule has 2 heteroatoms. The molecule has 104 valence electrons. The van der Waals surface area contributed by atoms with Crippen LogP contribution in [-0.2, 0) is 4.74 Å². The lowest BCUT2D eigenvalue weighted by Gasteiger charge is -2.25. The van der Waals surface area contributed by atoms with Crippen molar-refractivity contribution in [1.82, 2.24) is 5.32 Å². The highest BCUT2D eigenvalue weighted by Crippen LogP contribution is 2.12. The van der Waals surface area contributed by atoms with Gasteiger partial charge in [0.05, 0.1) is 0 Å². The molecule has 2 nitrogen and oxygen atoms in total. The number of nitrogens with one attached hydrogen (secondary N) is 1. The summed E-state index contributed by atoms with van der Waals surface area (Å²) in [5, 5.41) is 3.60. The maximum Gasteiger partial charge on any atom is 0.0488 e. The minimum absolute atomic E-state index is 0.227. The average molecular weight is 243 g/mol. The fraction of sp³-hybridized carbons (Fsp3) is 1.00. The van der Waals surface area contributed by atoms with E-state index in [4.69, 9.17) is 4.74 Å². The molecule has 1 unspecified atom stereocenters. The van der Waals surface area contributed by atoms with Crippen LogP contribution in [0.4, 0.5) is 0 Å². The van der Waals surface area contributed by atoms with E-state index in [-0.39, 0.29) is 5.54 Å². The van der Waals surface area contributed by atoms with Crippen LogP contribution in [0.15, 0.2) is 0 Å². The molecule has 0 radical (unpaired) electrons. The van der Waals surface area contributed by atoms with Gasteiger partial charge in [0.25, 0.3) is 0 Å². The van der Waals surface area contributed by atoms with Crippen LogP contribution < -0.4 is 5.32 Å². The lowest BCUT2D eigenvalue weighted by molar-refractivity contribution is 0.0957. The zero-order valence-electron chi connectivity index (χ0n) is 12.8. The molecular weight excluding hydrogens is 210 g/mol. The lowest BCUT2D eigenvalue weighted by atomic mass is 9.98. The first kappa shape index (κ1) is 16.9. The molecule has 0 aromatic carbocycles. The summed E-state index contributed by atoms with van der Waals surface area (Å²) in [6.45, 7) is 16.3. The predicted molar refractivity (Wildman–Crippen MR) is 76.4 cm³/mol. The summed E-state index contributed by atoms with van der Waals surface area (Å²) in [7, 11) is 0. The Labute approximate surface area is 109 Å². The van der Waals surface area contributed by atoms with Crippen LogP contribution in [0.5, 0.6) is 0 Å². The zero-order valence-corrected chi connectivity index (χ0v) is 12.8. The highest BCUT2D eigenvalue weighted by atomic mass is 16.5. The van der Waals surface area contributed by atoms with E-state index in [0.29, 0.717) is 5.92 Å². The third-order valence-corrected chi connectivity index (χ3v) is 2.74. The van der Waals surface area contributed by atoms with Crippen LogP contribution in [-0.4, -0.2) is 25.3 Å². The summed E-state index contributed by atoms with van der Waals surface area (Å²) in [6, 6.07) is 0. The minimum Gasteiger partial charge on any atom is -0.381 e. The monoisotopic (exact) mass is 243 g/mol. The van der Waals surface area contributed by atoms with Crippen molar-refractivity contribution < 1.29 is 4.74 Å². The average Bonchev–Trinajstić information content (AvgIpc) is 2.19. The Bertz CT molecular complexity index is 172. The van der Waals surface area contributed by atoms with Crippen LogP contribution in [0.3, 0.4) is 0 Å². The van der Waals surface area contributed by atoms with Gasteiger partial charge in [-0.2, -0.15) is 0 Å². The second-order valence-corrected chi connectivity index (χ2v) is 6.54. The van der Waals surface area contributed by atoms with Gasteiger partial charge in [-0.25, -0.2) is 0 Å². The van der Waals surface area contributed by atoms with Gasteiger partial charge >= 0.3 is 0 Å². The van der Waals surface area contributed by atoms with Gasteiger partial charge in [0, 0.05) is 18.8 Å². The summed E-state index contributed by atoms with van der Waals surface area (Å²) in [5.74, 6) is 1.40. The van der Waals surface area contributed by atoms with Gasteiger partial charge in [0.15, 0.2) is 0 Å². The van der Waals surface area contributed by atoms with Crippen LogP contribution in [0.25, 0.3) is 0 Å². The van der Waals surface area contributed by atoms with E-state index >= 15 is 0 Å². The lowest BCUT2D eigenvalue weighted by Crippen LogP contribution is -2.39. The Kier molecular flexibility index (Phi) is 8.89. The maximum atomic E-state index is 5.68.